The number of halogens is 2. The molecule has 2 aromatic carbocycles. The van der Waals surface area contributed by atoms with E-state index in [-0.39, 0.29) is 17.9 Å². The lowest BCUT2D eigenvalue weighted by Gasteiger charge is -2.09. The lowest BCUT2D eigenvalue weighted by atomic mass is 9.99. The molecule has 0 bridgehead atoms. The van der Waals surface area contributed by atoms with Crippen molar-refractivity contribution in [2.24, 2.45) is 4.99 Å². The van der Waals surface area contributed by atoms with Crippen LogP contribution in [0.2, 0.25) is 0 Å². The molecule has 4 nitrogen and oxygen atoms in total. The summed E-state index contributed by atoms with van der Waals surface area (Å²) in [5.41, 5.74) is 1.40. The molecule has 4 rings (SSSR count). The third kappa shape index (κ3) is 2.76. The SMILES string of the molecule is O=c1[nH]c(O)c(C(Cc2cccc(F)c2F)=c2cccc3c2=CC=N3)s1. The Hall–Kier alpha value is -3.06. The summed E-state index contributed by atoms with van der Waals surface area (Å²) in [5, 5.41) is 11.6. The number of aromatic nitrogens is 1. The Balaban J connectivity index is 2.03. The molecule has 3 aromatic rings. The second kappa shape index (κ2) is 6.34. The lowest BCUT2D eigenvalue weighted by molar-refractivity contribution is 0.454. The van der Waals surface area contributed by atoms with Gasteiger partial charge in [-0.3, -0.25) is 14.8 Å². The van der Waals surface area contributed by atoms with Gasteiger partial charge >= 0.3 is 4.87 Å². The number of hydrogen-bond donors (Lipinski definition) is 2. The van der Waals surface area contributed by atoms with Gasteiger partial charge in [-0.05, 0) is 34.6 Å². The fourth-order valence-electron chi connectivity index (χ4n) is 2.99. The van der Waals surface area contributed by atoms with Gasteiger partial charge in [0.25, 0.3) is 0 Å². The molecule has 1 aliphatic heterocycles. The summed E-state index contributed by atoms with van der Waals surface area (Å²) >= 11 is 0.823. The molecular weight excluding hydrogens is 358 g/mol. The number of nitrogens with one attached hydrogen (secondary N) is 1. The highest BCUT2D eigenvalue weighted by Crippen LogP contribution is 2.28. The van der Waals surface area contributed by atoms with Gasteiger partial charge in [-0.2, -0.15) is 0 Å². The Labute approximate surface area is 150 Å². The summed E-state index contributed by atoms with van der Waals surface area (Å²) in [4.78, 5) is 18.1. The molecule has 0 spiro atoms. The van der Waals surface area contributed by atoms with Gasteiger partial charge in [0.2, 0.25) is 5.88 Å². The van der Waals surface area contributed by atoms with Crippen molar-refractivity contribution < 1.29 is 13.9 Å². The molecule has 0 aliphatic carbocycles. The smallest absolute Gasteiger partial charge is 0.307 e. The molecule has 1 aromatic heterocycles. The van der Waals surface area contributed by atoms with E-state index in [0.717, 1.165) is 28.3 Å². The van der Waals surface area contributed by atoms with Crippen molar-refractivity contribution in [1.82, 2.24) is 4.98 Å². The van der Waals surface area contributed by atoms with Crippen LogP contribution in [-0.2, 0) is 6.42 Å². The molecule has 0 fully saturated rings. The fraction of sp³-hybridized carbons (Fsp3) is 0.0526. The van der Waals surface area contributed by atoms with Gasteiger partial charge in [0.15, 0.2) is 11.6 Å². The van der Waals surface area contributed by atoms with Gasteiger partial charge in [-0.25, -0.2) is 8.78 Å². The highest BCUT2D eigenvalue weighted by atomic mass is 32.1. The first kappa shape index (κ1) is 16.4. The van der Waals surface area contributed by atoms with Crippen LogP contribution in [0.3, 0.4) is 0 Å². The molecule has 0 amide bonds. The van der Waals surface area contributed by atoms with E-state index in [1.807, 2.05) is 6.07 Å². The Morgan fingerprint density at radius 2 is 2.00 bits per heavy atom. The highest BCUT2D eigenvalue weighted by molar-refractivity contribution is 7.10. The zero-order chi connectivity index (χ0) is 18.3. The van der Waals surface area contributed by atoms with Crippen LogP contribution in [0.4, 0.5) is 14.5 Å². The molecule has 0 saturated heterocycles. The number of nitrogens with zero attached hydrogens (tertiary/aromatic N) is 1. The number of fused-ring (bicyclic) bond motifs is 1. The minimum Gasteiger partial charge on any atom is -0.493 e. The van der Waals surface area contributed by atoms with Crippen LogP contribution in [0.25, 0.3) is 11.6 Å². The lowest BCUT2D eigenvalue weighted by Crippen LogP contribution is -2.27. The summed E-state index contributed by atoms with van der Waals surface area (Å²) in [6.07, 6.45) is 3.46. The number of H-pyrrole nitrogens is 1. The average Bonchev–Trinajstić information content (AvgIpc) is 3.22. The number of hydrogen-bond acceptors (Lipinski definition) is 4. The summed E-state index contributed by atoms with van der Waals surface area (Å²) in [6, 6.07) is 9.38. The number of aliphatic imine (C=N–C) groups is 1. The molecule has 1 aliphatic rings. The van der Waals surface area contributed by atoms with Crippen LogP contribution in [0, 0.1) is 11.6 Å². The third-order valence-corrected chi connectivity index (χ3v) is 5.10. The number of benzene rings is 2. The van der Waals surface area contributed by atoms with E-state index in [1.54, 1.807) is 24.4 Å². The quantitative estimate of drug-likeness (QED) is 0.743. The summed E-state index contributed by atoms with van der Waals surface area (Å²) in [6.45, 7) is 0. The number of thiazole rings is 1. The van der Waals surface area contributed by atoms with Crippen LogP contribution >= 0.6 is 11.3 Å². The van der Waals surface area contributed by atoms with E-state index in [1.165, 1.54) is 12.1 Å². The number of rotatable bonds is 3. The van der Waals surface area contributed by atoms with E-state index in [4.69, 9.17) is 0 Å². The Bertz CT molecular complexity index is 1230. The zero-order valence-corrected chi connectivity index (χ0v) is 14.1. The third-order valence-electron chi connectivity index (χ3n) is 4.17. The van der Waals surface area contributed by atoms with E-state index >= 15 is 0 Å². The van der Waals surface area contributed by atoms with Crippen molar-refractivity contribution in [3.63, 3.8) is 0 Å². The van der Waals surface area contributed by atoms with Crippen molar-refractivity contribution >= 4 is 34.9 Å². The van der Waals surface area contributed by atoms with Gasteiger partial charge in [0, 0.05) is 17.9 Å². The second-order valence-corrected chi connectivity index (χ2v) is 6.73. The van der Waals surface area contributed by atoms with Crippen molar-refractivity contribution in [3.8, 4) is 5.88 Å². The standard InChI is InChI=1S/C19H12F2N2O2S/c20-14-5-1-3-10(16(14)21)9-13(17-18(24)23-19(25)26-17)11-4-2-6-15-12(11)7-8-22-15/h1-8,24H,9H2,(H,23,25). The molecule has 26 heavy (non-hydrogen) atoms. The first-order chi connectivity index (χ1) is 12.5. The predicted octanol–water partition coefficient (Wildman–Crippen LogP) is 2.36. The first-order valence-corrected chi connectivity index (χ1v) is 8.58. The summed E-state index contributed by atoms with van der Waals surface area (Å²) in [7, 11) is 0. The van der Waals surface area contributed by atoms with E-state index < -0.39 is 16.5 Å². The zero-order valence-electron chi connectivity index (χ0n) is 13.3. The van der Waals surface area contributed by atoms with E-state index in [2.05, 4.69) is 9.98 Å². The second-order valence-electron chi connectivity index (χ2n) is 5.74. The number of aromatic amines is 1. The molecule has 0 saturated carbocycles. The van der Waals surface area contributed by atoms with Crippen molar-refractivity contribution in [2.45, 2.75) is 6.42 Å². The molecule has 7 heteroatoms. The minimum atomic E-state index is -0.944. The van der Waals surface area contributed by atoms with E-state index in [9.17, 15) is 18.7 Å². The van der Waals surface area contributed by atoms with E-state index in [0.29, 0.717) is 15.7 Å². The van der Waals surface area contributed by atoms with Crippen LogP contribution in [0.5, 0.6) is 5.88 Å². The molecule has 0 radical (unpaired) electrons. The highest BCUT2D eigenvalue weighted by Gasteiger charge is 2.18. The van der Waals surface area contributed by atoms with Gasteiger partial charge in [0.1, 0.15) is 0 Å². The number of aromatic hydroxyl groups is 1. The van der Waals surface area contributed by atoms with Crippen LogP contribution in [0.1, 0.15) is 10.4 Å². The fourth-order valence-corrected chi connectivity index (χ4v) is 3.78. The predicted molar refractivity (Wildman–Crippen MR) is 97.5 cm³/mol. The largest absolute Gasteiger partial charge is 0.493 e. The average molecular weight is 370 g/mol. The summed E-state index contributed by atoms with van der Waals surface area (Å²) in [5.74, 6) is -2.18. The van der Waals surface area contributed by atoms with Crippen molar-refractivity contribution in [3.05, 3.63) is 78.6 Å². The molecule has 130 valence electrons. The Kier molecular flexibility index (Phi) is 4.00. The summed E-state index contributed by atoms with van der Waals surface area (Å²) < 4.78 is 27.8. The van der Waals surface area contributed by atoms with Gasteiger partial charge < -0.3 is 5.11 Å². The first-order valence-electron chi connectivity index (χ1n) is 7.76. The molecule has 0 unspecified atom stereocenters. The molecule has 2 heterocycles. The molecule has 0 atom stereocenters. The van der Waals surface area contributed by atoms with Gasteiger partial charge in [-0.15, -0.1) is 0 Å². The monoisotopic (exact) mass is 370 g/mol. The van der Waals surface area contributed by atoms with Crippen LogP contribution < -0.4 is 15.3 Å². The topological polar surface area (TPSA) is 65.5 Å². The maximum Gasteiger partial charge on any atom is 0.307 e. The van der Waals surface area contributed by atoms with Crippen LogP contribution in [-0.4, -0.2) is 16.3 Å². The van der Waals surface area contributed by atoms with Gasteiger partial charge in [0.05, 0.1) is 10.6 Å². The Morgan fingerprint density at radius 1 is 1.19 bits per heavy atom. The molecule has 2 N–H and O–H groups in total. The van der Waals surface area contributed by atoms with Gasteiger partial charge in [-0.1, -0.05) is 35.6 Å². The minimum absolute atomic E-state index is 0.00917. The maximum absolute atomic E-state index is 14.2. The molecular formula is C19H12F2N2O2S. The maximum atomic E-state index is 14.2. The van der Waals surface area contributed by atoms with Crippen LogP contribution in [0.15, 0.2) is 46.2 Å². The van der Waals surface area contributed by atoms with Crippen molar-refractivity contribution in [2.75, 3.05) is 0 Å². The van der Waals surface area contributed by atoms with Crippen molar-refractivity contribution in [1.29, 1.82) is 0 Å². The normalized spacial score (nSPS) is 13.5. The Morgan fingerprint density at radius 3 is 2.77 bits per heavy atom.